The molecule has 3 nitrogen and oxygen atoms in total. The van der Waals surface area contributed by atoms with Crippen molar-refractivity contribution in [2.24, 2.45) is 0 Å². The van der Waals surface area contributed by atoms with Crippen LogP contribution in [0.4, 0.5) is 4.39 Å². The van der Waals surface area contributed by atoms with Gasteiger partial charge in [0.1, 0.15) is 5.82 Å². The van der Waals surface area contributed by atoms with Gasteiger partial charge in [0.05, 0.1) is 0 Å². The molecule has 1 amide bonds. The molecule has 3 aromatic rings. The third-order valence-electron chi connectivity index (χ3n) is 4.24. The van der Waals surface area contributed by atoms with Gasteiger partial charge in [-0.2, -0.15) is 0 Å². The molecule has 0 aliphatic heterocycles. The lowest BCUT2D eigenvalue weighted by molar-refractivity contribution is 0.0938. The Labute approximate surface area is 127 Å². The Morgan fingerprint density at radius 2 is 1.86 bits per heavy atom. The first kappa shape index (κ1) is 13.1. The standard InChI is InChI=1S/C18H15FN2O/c19-12-7-5-11(6-8-12)18(22)20-13-9-15-14-3-1-2-4-16(14)21-17(15)10-13/h1-8,13,21H,9-10H2,(H,20,22). The van der Waals surface area contributed by atoms with Gasteiger partial charge < -0.3 is 10.3 Å². The van der Waals surface area contributed by atoms with Crippen LogP contribution in [-0.2, 0) is 12.8 Å². The maximum absolute atomic E-state index is 12.9. The van der Waals surface area contributed by atoms with Gasteiger partial charge in [0.2, 0.25) is 0 Å². The Morgan fingerprint density at radius 1 is 1.09 bits per heavy atom. The lowest BCUT2D eigenvalue weighted by atomic mass is 10.1. The zero-order valence-corrected chi connectivity index (χ0v) is 11.9. The second kappa shape index (κ2) is 4.98. The third-order valence-corrected chi connectivity index (χ3v) is 4.24. The van der Waals surface area contributed by atoms with Gasteiger partial charge in [0.15, 0.2) is 0 Å². The van der Waals surface area contributed by atoms with Crippen molar-refractivity contribution in [1.82, 2.24) is 10.3 Å². The van der Waals surface area contributed by atoms with Crippen molar-refractivity contribution in [1.29, 1.82) is 0 Å². The summed E-state index contributed by atoms with van der Waals surface area (Å²) in [4.78, 5) is 15.6. The topological polar surface area (TPSA) is 44.9 Å². The van der Waals surface area contributed by atoms with Crippen LogP contribution in [0.25, 0.3) is 10.9 Å². The molecule has 2 N–H and O–H groups in total. The van der Waals surface area contributed by atoms with Crippen LogP contribution < -0.4 is 5.32 Å². The van der Waals surface area contributed by atoms with E-state index in [2.05, 4.69) is 22.4 Å². The first-order chi connectivity index (χ1) is 10.7. The van der Waals surface area contributed by atoms with Crippen LogP contribution in [0.5, 0.6) is 0 Å². The molecule has 1 aliphatic rings. The second-order valence-corrected chi connectivity index (χ2v) is 5.71. The van der Waals surface area contributed by atoms with Gasteiger partial charge in [0.25, 0.3) is 5.91 Å². The van der Waals surface area contributed by atoms with Gasteiger partial charge in [-0.1, -0.05) is 18.2 Å². The van der Waals surface area contributed by atoms with E-state index in [-0.39, 0.29) is 17.8 Å². The molecule has 1 atom stereocenters. The number of para-hydroxylation sites is 1. The van der Waals surface area contributed by atoms with E-state index in [1.54, 1.807) is 0 Å². The normalized spacial score (nSPS) is 16.7. The maximum Gasteiger partial charge on any atom is 0.251 e. The van der Waals surface area contributed by atoms with Crippen LogP contribution in [0.1, 0.15) is 21.6 Å². The number of fused-ring (bicyclic) bond motifs is 3. The molecular formula is C18H15FN2O. The summed E-state index contributed by atoms with van der Waals surface area (Å²) in [6, 6.07) is 13.9. The van der Waals surface area contributed by atoms with E-state index in [1.165, 1.54) is 40.9 Å². The van der Waals surface area contributed by atoms with E-state index in [0.29, 0.717) is 5.56 Å². The molecule has 0 radical (unpaired) electrons. The fourth-order valence-electron chi connectivity index (χ4n) is 3.20. The van der Waals surface area contributed by atoms with Gasteiger partial charge in [0, 0.05) is 34.6 Å². The summed E-state index contributed by atoms with van der Waals surface area (Å²) in [6.45, 7) is 0. The van der Waals surface area contributed by atoms with Gasteiger partial charge in [-0.15, -0.1) is 0 Å². The number of amides is 1. The number of benzene rings is 2. The minimum absolute atomic E-state index is 0.0865. The summed E-state index contributed by atoms with van der Waals surface area (Å²) in [5, 5.41) is 4.26. The third kappa shape index (κ3) is 2.17. The molecule has 22 heavy (non-hydrogen) atoms. The number of carbonyl (C=O) groups excluding carboxylic acids is 1. The molecule has 4 heteroatoms. The van der Waals surface area contributed by atoms with Crippen LogP contribution in [0, 0.1) is 5.82 Å². The van der Waals surface area contributed by atoms with E-state index < -0.39 is 0 Å². The Balaban J connectivity index is 1.51. The van der Waals surface area contributed by atoms with Gasteiger partial charge in [-0.25, -0.2) is 4.39 Å². The summed E-state index contributed by atoms with van der Waals surface area (Å²) in [5.74, 6) is -0.488. The summed E-state index contributed by atoms with van der Waals surface area (Å²) < 4.78 is 12.9. The molecule has 2 aromatic carbocycles. The average Bonchev–Trinajstić information content (AvgIpc) is 3.05. The summed E-state index contributed by atoms with van der Waals surface area (Å²) in [7, 11) is 0. The van der Waals surface area contributed by atoms with Crippen LogP contribution in [-0.4, -0.2) is 16.9 Å². The van der Waals surface area contributed by atoms with E-state index in [9.17, 15) is 9.18 Å². The first-order valence-corrected chi connectivity index (χ1v) is 7.35. The molecule has 1 heterocycles. The molecule has 1 aromatic heterocycles. The predicted molar refractivity (Wildman–Crippen MR) is 83.4 cm³/mol. The summed E-state index contributed by atoms with van der Waals surface area (Å²) >= 11 is 0. The largest absolute Gasteiger partial charge is 0.358 e. The SMILES string of the molecule is O=C(NC1Cc2[nH]c3ccccc3c2C1)c1ccc(F)cc1. The number of nitrogens with one attached hydrogen (secondary N) is 2. The predicted octanol–water partition coefficient (Wildman–Crippen LogP) is 3.20. The van der Waals surface area contributed by atoms with Crippen LogP contribution in [0.15, 0.2) is 48.5 Å². The Morgan fingerprint density at radius 3 is 2.68 bits per heavy atom. The molecule has 0 spiro atoms. The number of carbonyl (C=O) groups is 1. The molecule has 0 fully saturated rings. The molecule has 0 saturated heterocycles. The zero-order valence-electron chi connectivity index (χ0n) is 11.9. The highest BCUT2D eigenvalue weighted by molar-refractivity contribution is 5.94. The van der Waals surface area contributed by atoms with Crippen molar-refractivity contribution in [3.63, 3.8) is 0 Å². The van der Waals surface area contributed by atoms with Crippen LogP contribution in [0.3, 0.4) is 0 Å². The lowest BCUT2D eigenvalue weighted by Crippen LogP contribution is -2.35. The summed E-state index contributed by atoms with van der Waals surface area (Å²) in [5.41, 5.74) is 4.13. The highest BCUT2D eigenvalue weighted by Gasteiger charge is 2.26. The lowest BCUT2D eigenvalue weighted by Gasteiger charge is -2.12. The Kier molecular flexibility index (Phi) is 2.96. The molecule has 0 saturated carbocycles. The molecule has 0 bridgehead atoms. The molecule has 4 rings (SSSR count). The van der Waals surface area contributed by atoms with Crippen molar-refractivity contribution < 1.29 is 9.18 Å². The fourth-order valence-corrected chi connectivity index (χ4v) is 3.20. The van der Waals surface area contributed by atoms with Crippen molar-refractivity contribution >= 4 is 16.8 Å². The number of hydrogen-bond donors (Lipinski definition) is 2. The average molecular weight is 294 g/mol. The maximum atomic E-state index is 12.9. The molecule has 1 aliphatic carbocycles. The van der Waals surface area contributed by atoms with Crippen molar-refractivity contribution in [3.05, 3.63) is 71.2 Å². The minimum atomic E-state index is -0.334. The highest BCUT2D eigenvalue weighted by Crippen LogP contribution is 2.30. The molecule has 1 unspecified atom stereocenters. The molecule has 110 valence electrons. The van der Waals surface area contributed by atoms with Gasteiger partial charge >= 0.3 is 0 Å². The number of hydrogen-bond acceptors (Lipinski definition) is 1. The van der Waals surface area contributed by atoms with Gasteiger partial charge in [-0.05, 0) is 42.3 Å². The van der Waals surface area contributed by atoms with Crippen molar-refractivity contribution in [2.75, 3.05) is 0 Å². The minimum Gasteiger partial charge on any atom is -0.358 e. The Hall–Kier alpha value is -2.62. The zero-order chi connectivity index (χ0) is 15.1. The van der Waals surface area contributed by atoms with E-state index in [0.717, 1.165) is 18.4 Å². The first-order valence-electron chi connectivity index (χ1n) is 7.35. The van der Waals surface area contributed by atoms with E-state index in [4.69, 9.17) is 0 Å². The molecular weight excluding hydrogens is 279 g/mol. The number of aromatic amines is 1. The number of halogens is 1. The monoisotopic (exact) mass is 294 g/mol. The fraction of sp³-hybridized carbons (Fsp3) is 0.167. The summed E-state index contributed by atoms with van der Waals surface area (Å²) in [6.07, 6.45) is 1.63. The second-order valence-electron chi connectivity index (χ2n) is 5.71. The van der Waals surface area contributed by atoms with Gasteiger partial charge in [-0.3, -0.25) is 4.79 Å². The van der Waals surface area contributed by atoms with Crippen molar-refractivity contribution in [2.45, 2.75) is 18.9 Å². The highest BCUT2D eigenvalue weighted by atomic mass is 19.1. The van der Waals surface area contributed by atoms with E-state index >= 15 is 0 Å². The smallest absolute Gasteiger partial charge is 0.251 e. The van der Waals surface area contributed by atoms with Crippen LogP contribution >= 0.6 is 0 Å². The number of aromatic nitrogens is 1. The van der Waals surface area contributed by atoms with Crippen molar-refractivity contribution in [3.8, 4) is 0 Å². The number of rotatable bonds is 2. The Bertz CT molecular complexity index is 851. The number of H-pyrrole nitrogens is 1. The quantitative estimate of drug-likeness (QED) is 0.749. The van der Waals surface area contributed by atoms with Crippen LogP contribution in [0.2, 0.25) is 0 Å². The van der Waals surface area contributed by atoms with E-state index in [1.807, 2.05) is 12.1 Å².